The van der Waals surface area contributed by atoms with E-state index in [1.54, 1.807) is 25.3 Å². The summed E-state index contributed by atoms with van der Waals surface area (Å²) in [5.74, 6) is 3.06. The van der Waals surface area contributed by atoms with Gasteiger partial charge in [-0.15, -0.1) is 0 Å². The summed E-state index contributed by atoms with van der Waals surface area (Å²) < 4.78 is 11.4. The molecule has 0 spiro atoms. The second-order valence-corrected chi connectivity index (χ2v) is 7.93. The van der Waals surface area contributed by atoms with Crippen LogP contribution in [-0.4, -0.2) is 50.6 Å². The van der Waals surface area contributed by atoms with Gasteiger partial charge in [-0.3, -0.25) is 4.79 Å². The number of furan rings is 1. The van der Waals surface area contributed by atoms with Crippen molar-refractivity contribution < 1.29 is 13.9 Å². The SMILES string of the molecule is Cc1ccc(CN=C(NCCc2ccco2)NCC(=O)N(C)C)c(OCC2CC2)c1. The number of rotatable bonds is 10. The van der Waals surface area contributed by atoms with Gasteiger partial charge >= 0.3 is 0 Å². The average Bonchev–Trinajstić information content (AvgIpc) is 3.42. The number of hydrogen-bond donors (Lipinski definition) is 2. The molecular formula is C23H32N4O3. The first kappa shape index (κ1) is 21.7. The zero-order valence-corrected chi connectivity index (χ0v) is 18.1. The lowest BCUT2D eigenvalue weighted by Crippen LogP contribution is -2.43. The van der Waals surface area contributed by atoms with E-state index in [0.29, 0.717) is 25.0 Å². The van der Waals surface area contributed by atoms with Crippen LogP contribution in [0.4, 0.5) is 0 Å². The average molecular weight is 413 g/mol. The lowest BCUT2D eigenvalue weighted by Gasteiger charge is -2.15. The Morgan fingerprint density at radius 3 is 2.80 bits per heavy atom. The molecule has 1 heterocycles. The van der Waals surface area contributed by atoms with E-state index >= 15 is 0 Å². The predicted octanol–water partition coefficient (Wildman–Crippen LogP) is 2.74. The molecule has 1 amide bonds. The molecule has 2 N–H and O–H groups in total. The summed E-state index contributed by atoms with van der Waals surface area (Å²) in [4.78, 5) is 18.2. The number of benzene rings is 1. The van der Waals surface area contributed by atoms with Crippen LogP contribution < -0.4 is 15.4 Å². The van der Waals surface area contributed by atoms with Crippen molar-refractivity contribution in [2.45, 2.75) is 32.7 Å². The molecule has 1 saturated carbocycles. The Morgan fingerprint density at radius 2 is 2.10 bits per heavy atom. The Balaban J connectivity index is 1.63. The quantitative estimate of drug-likeness (QED) is 0.463. The van der Waals surface area contributed by atoms with Crippen LogP contribution in [0.1, 0.15) is 29.7 Å². The standard InChI is InChI=1S/C23H32N4O3/c1-17-6-9-19(21(13-17)30-16-18-7-8-18)14-25-23(26-15-22(28)27(2)3)24-11-10-20-5-4-12-29-20/h4-6,9,12-13,18H,7-8,10-11,14-16H2,1-3H3,(H2,24,25,26). The van der Waals surface area contributed by atoms with Gasteiger partial charge in [0.15, 0.2) is 5.96 Å². The van der Waals surface area contributed by atoms with E-state index in [1.165, 1.54) is 18.4 Å². The molecule has 0 unspecified atom stereocenters. The van der Waals surface area contributed by atoms with E-state index in [4.69, 9.17) is 14.1 Å². The first-order chi connectivity index (χ1) is 14.5. The molecule has 1 aliphatic rings. The molecule has 0 radical (unpaired) electrons. The molecule has 7 heteroatoms. The fraction of sp³-hybridized carbons (Fsp3) is 0.478. The van der Waals surface area contributed by atoms with Crippen molar-refractivity contribution in [2.24, 2.45) is 10.9 Å². The van der Waals surface area contributed by atoms with E-state index in [0.717, 1.165) is 30.1 Å². The van der Waals surface area contributed by atoms with E-state index in [1.807, 2.05) is 12.1 Å². The lowest BCUT2D eigenvalue weighted by atomic mass is 10.1. The summed E-state index contributed by atoms with van der Waals surface area (Å²) in [5.41, 5.74) is 2.20. The predicted molar refractivity (Wildman–Crippen MR) is 118 cm³/mol. The molecule has 1 aliphatic carbocycles. The summed E-state index contributed by atoms with van der Waals surface area (Å²) in [6.45, 7) is 4.12. The zero-order valence-electron chi connectivity index (χ0n) is 18.1. The third-order valence-corrected chi connectivity index (χ3v) is 4.95. The Labute approximate surface area is 178 Å². The third kappa shape index (κ3) is 7.13. The van der Waals surface area contributed by atoms with Crippen LogP contribution in [0.15, 0.2) is 46.0 Å². The largest absolute Gasteiger partial charge is 0.493 e. The maximum atomic E-state index is 12.0. The highest BCUT2D eigenvalue weighted by Gasteiger charge is 2.22. The highest BCUT2D eigenvalue weighted by atomic mass is 16.5. The highest BCUT2D eigenvalue weighted by Crippen LogP contribution is 2.30. The minimum absolute atomic E-state index is 0.0145. The van der Waals surface area contributed by atoms with Crippen LogP contribution in [0.3, 0.4) is 0 Å². The number of ether oxygens (including phenoxy) is 1. The number of likely N-dealkylation sites (N-methyl/N-ethyl adjacent to an activating group) is 1. The van der Waals surface area contributed by atoms with Crippen LogP contribution in [0.25, 0.3) is 0 Å². The number of nitrogens with zero attached hydrogens (tertiary/aromatic N) is 2. The highest BCUT2D eigenvalue weighted by molar-refractivity contribution is 5.86. The molecule has 3 rings (SSSR count). The lowest BCUT2D eigenvalue weighted by molar-refractivity contribution is -0.127. The molecule has 0 atom stereocenters. The topological polar surface area (TPSA) is 79.1 Å². The van der Waals surface area contributed by atoms with E-state index in [2.05, 4.69) is 35.8 Å². The maximum Gasteiger partial charge on any atom is 0.241 e. The Kier molecular flexibility index (Phi) is 7.76. The van der Waals surface area contributed by atoms with Crippen molar-refractivity contribution in [3.63, 3.8) is 0 Å². The van der Waals surface area contributed by atoms with Crippen molar-refractivity contribution in [3.8, 4) is 5.75 Å². The number of aryl methyl sites for hydroxylation is 1. The fourth-order valence-corrected chi connectivity index (χ4v) is 2.83. The van der Waals surface area contributed by atoms with Gasteiger partial charge in [-0.2, -0.15) is 0 Å². The van der Waals surface area contributed by atoms with Crippen LogP contribution >= 0.6 is 0 Å². The van der Waals surface area contributed by atoms with Gasteiger partial charge in [-0.25, -0.2) is 4.99 Å². The number of hydrogen-bond acceptors (Lipinski definition) is 4. The Morgan fingerprint density at radius 1 is 1.27 bits per heavy atom. The number of carbonyl (C=O) groups is 1. The summed E-state index contributed by atoms with van der Waals surface area (Å²) >= 11 is 0. The minimum Gasteiger partial charge on any atom is -0.493 e. The van der Waals surface area contributed by atoms with Crippen molar-refractivity contribution >= 4 is 11.9 Å². The minimum atomic E-state index is -0.0145. The van der Waals surface area contributed by atoms with E-state index < -0.39 is 0 Å². The monoisotopic (exact) mass is 412 g/mol. The first-order valence-corrected chi connectivity index (χ1v) is 10.5. The molecule has 7 nitrogen and oxygen atoms in total. The Bertz CT molecular complexity index is 842. The van der Waals surface area contributed by atoms with Crippen molar-refractivity contribution in [2.75, 3.05) is 33.8 Å². The summed E-state index contributed by atoms with van der Waals surface area (Å²) in [5, 5.41) is 6.40. The van der Waals surface area contributed by atoms with Gasteiger partial charge in [-0.1, -0.05) is 12.1 Å². The van der Waals surface area contributed by atoms with Crippen LogP contribution in [0.2, 0.25) is 0 Å². The number of aliphatic imine (C=N–C) groups is 1. The van der Waals surface area contributed by atoms with Crippen molar-refractivity contribution in [1.29, 1.82) is 0 Å². The molecule has 1 aromatic heterocycles. The molecule has 1 fully saturated rings. The van der Waals surface area contributed by atoms with Gasteiger partial charge in [0.25, 0.3) is 0 Å². The van der Waals surface area contributed by atoms with Crippen LogP contribution in [0, 0.1) is 12.8 Å². The smallest absolute Gasteiger partial charge is 0.241 e. The molecule has 0 saturated heterocycles. The first-order valence-electron chi connectivity index (χ1n) is 10.5. The number of guanidine groups is 1. The summed E-state index contributed by atoms with van der Waals surface area (Å²) in [7, 11) is 3.47. The zero-order chi connectivity index (χ0) is 21.3. The third-order valence-electron chi connectivity index (χ3n) is 4.95. The van der Waals surface area contributed by atoms with Crippen LogP contribution in [0.5, 0.6) is 5.75 Å². The maximum absolute atomic E-state index is 12.0. The normalized spacial score (nSPS) is 13.8. The number of amides is 1. The van der Waals surface area contributed by atoms with Crippen LogP contribution in [-0.2, 0) is 17.8 Å². The number of nitrogens with one attached hydrogen (secondary N) is 2. The molecule has 1 aromatic carbocycles. The van der Waals surface area contributed by atoms with E-state index in [-0.39, 0.29) is 12.5 Å². The Hall–Kier alpha value is -2.96. The molecule has 30 heavy (non-hydrogen) atoms. The number of carbonyl (C=O) groups excluding carboxylic acids is 1. The summed E-state index contributed by atoms with van der Waals surface area (Å²) in [6, 6.07) is 10.0. The molecule has 0 bridgehead atoms. The van der Waals surface area contributed by atoms with E-state index in [9.17, 15) is 4.79 Å². The van der Waals surface area contributed by atoms with Gasteiger partial charge < -0.3 is 24.7 Å². The second kappa shape index (κ2) is 10.7. The molecular weight excluding hydrogens is 380 g/mol. The molecule has 0 aliphatic heterocycles. The van der Waals surface area contributed by atoms with Gasteiger partial charge in [0, 0.05) is 32.6 Å². The van der Waals surface area contributed by atoms with Gasteiger partial charge in [0.05, 0.1) is 26.0 Å². The van der Waals surface area contributed by atoms with Gasteiger partial charge in [-0.05, 0) is 49.4 Å². The van der Waals surface area contributed by atoms with Crippen molar-refractivity contribution in [3.05, 3.63) is 53.5 Å². The van der Waals surface area contributed by atoms with Gasteiger partial charge in [0.2, 0.25) is 5.91 Å². The van der Waals surface area contributed by atoms with Gasteiger partial charge in [0.1, 0.15) is 11.5 Å². The second-order valence-electron chi connectivity index (χ2n) is 7.93. The molecule has 162 valence electrons. The fourth-order valence-electron chi connectivity index (χ4n) is 2.83. The molecule has 2 aromatic rings. The summed E-state index contributed by atoms with van der Waals surface area (Å²) in [6.07, 6.45) is 4.91. The van der Waals surface area contributed by atoms with Crippen molar-refractivity contribution in [1.82, 2.24) is 15.5 Å².